The number of hydrogen-bond acceptors (Lipinski definition) is 2. The lowest BCUT2D eigenvalue weighted by Gasteiger charge is -2.07. The standard InChI is InChI=1S/C12H9F3N2O2/c13-12(14,15)9-3-1-8(2-4-9)5-17-6-10(11(18)19)16-7-17/h1-4,6-7H,5H2,(H,18,19). The van der Waals surface area contributed by atoms with Crippen LogP contribution in [0.1, 0.15) is 21.6 Å². The van der Waals surface area contributed by atoms with Crippen molar-refractivity contribution in [1.82, 2.24) is 9.55 Å². The molecule has 7 heteroatoms. The van der Waals surface area contributed by atoms with Crippen molar-refractivity contribution in [3.8, 4) is 0 Å². The summed E-state index contributed by atoms with van der Waals surface area (Å²) >= 11 is 0. The predicted molar refractivity (Wildman–Crippen MR) is 59.7 cm³/mol. The molecule has 1 aromatic heterocycles. The number of imidazole rings is 1. The second-order valence-electron chi connectivity index (χ2n) is 3.93. The quantitative estimate of drug-likeness (QED) is 0.932. The van der Waals surface area contributed by atoms with Gasteiger partial charge >= 0.3 is 12.1 Å². The van der Waals surface area contributed by atoms with Gasteiger partial charge in [0.2, 0.25) is 0 Å². The molecule has 1 aromatic carbocycles. The molecular weight excluding hydrogens is 261 g/mol. The van der Waals surface area contributed by atoms with Gasteiger partial charge in [-0.15, -0.1) is 0 Å². The number of halogens is 3. The number of hydrogen-bond donors (Lipinski definition) is 1. The molecule has 0 aliphatic heterocycles. The van der Waals surface area contributed by atoms with Gasteiger partial charge in [-0.3, -0.25) is 0 Å². The maximum Gasteiger partial charge on any atom is 0.416 e. The molecule has 1 heterocycles. The first-order valence-corrected chi connectivity index (χ1v) is 5.27. The second kappa shape index (κ2) is 4.75. The van der Waals surface area contributed by atoms with E-state index in [1.807, 2.05) is 0 Å². The van der Waals surface area contributed by atoms with E-state index in [0.717, 1.165) is 12.1 Å². The zero-order valence-corrected chi connectivity index (χ0v) is 9.55. The van der Waals surface area contributed by atoms with Crippen molar-refractivity contribution in [1.29, 1.82) is 0 Å². The zero-order valence-electron chi connectivity index (χ0n) is 9.55. The first-order chi connectivity index (χ1) is 8.86. The number of benzene rings is 1. The summed E-state index contributed by atoms with van der Waals surface area (Å²) in [5, 5.41) is 8.69. The van der Waals surface area contributed by atoms with E-state index in [2.05, 4.69) is 4.98 Å². The molecule has 4 nitrogen and oxygen atoms in total. The summed E-state index contributed by atoms with van der Waals surface area (Å²) in [7, 11) is 0. The van der Waals surface area contributed by atoms with E-state index in [9.17, 15) is 18.0 Å². The monoisotopic (exact) mass is 270 g/mol. The molecule has 0 aliphatic rings. The highest BCUT2D eigenvalue weighted by Crippen LogP contribution is 2.29. The van der Waals surface area contributed by atoms with Crippen LogP contribution in [0.2, 0.25) is 0 Å². The summed E-state index contributed by atoms with van der Waals surface area (Å²) in [6.45, 7) is 0.262. The lowest BCUT2D eigenvalue weighted by Crippen LogP contribution is -2.05. The number of aromatic nitrogens is 2. The highest BCUT2D eigenvalue weighted by molar-refractivity contribution is 5.84. The lowest BCUT2D eigenvalue weighted by molar-refractivity contribution is -0.137. The van der Waals surface area contributed by atoms with Gasteiger partial charge in [-0.1, -0.05) is 12.1 Å². The molecule has 19 heavy (non-hydrogen) atoms. The number of nitrogens with zero attached hydrogens (tertiary/aromatic N) is 2. The third kappa shape index (κ3) is 3.12. The van der Waals surface area contributed by atoms with Gasteiger partial charge in [0, 0.05) is 12.7 Å². The Kier molecular flexibility index (Phi) is 3.28. The van der Waals surface area contributed by atoms with Crippen molar-refractivity contribution in [2.75, 3.05) is 0 Å². The van der Waals surface area contributed by atoms with E-state index >= 15 is 0 Å². The summed E-state index contributed by atoms with van der Waals surface area (Å²) in [6.07, 6.45) is -1.72. The van der Waals surface area contributed by atoms with E-state index in [0.29, 0.717) is 5.56 Å². The molecule has 0 amide bonds. The third-order valence-corrected chi connectivity index (χ3v) is 2.50. The SMILES string of the molecule is O=C(O)c1cn(Cc2ccc(C(F)(F)F)cc2)cn1. The molecule has 100 valence electrons. The van der Waals surface area contributed by atoms with Crippen LogP contribution in [-0.2, 0) is 12.7 Å². The maximum atomic E-state index is 12.4. The Labute approximate surface area is 106 Å². The fraction of sp³-hybridized carbons (Fsp3) is 0.167. The molecule has 0 fully saturated rings. The molecule has 0 saturated carbocycles. The molecular formula is C12H9F3N2O2. The topological polar surface area (TPSA) is 55.1 Å². The van der Waals surface area contributed by atoms with Crippen molar-refractivity contribution in [3.05, 3.63) is 53.6 Å². The molecule has 2 rings (SSSR count). The number of carbonyl (C=O) groups is 1. The Hall–Kier alpha value is -2.31. The predicted octanol–water partition coefficient (Wildman–Crippen LogP) is 2.65. The van der Waals surface area contributed by atoms with Crippen LogP contribution in [0, 0.1) is 0 Å². The van der Waals surface area contributed by atoms with Crippen molar-refractivity contribution in [3.63, 3.8) is 0 Å². The second-order valence-corrected chi connectivity index (χ2v) is 3.93. The van der Waals surface area contributed by atoms with Gasteiger partial charge in [0.05, 0.1) is 11.9 Å². The van der Waals surface area contributed by atoms with Crippen LogP contribution in [0.25, 0.3) is 0 Å². The fourth-order valence-electron chi connectivity index (χ4n) is 1.57. The summed E-state index contributed by atoms with van der Waals surface area (Å²) < 4.78 is 38.6. The first kappa shape index (κ1) is 13.1. The van der Waals surface area contributed by atoms with Crippen LogP contribution in [0.15, 0.2) is 36.8 Å². The molecule has 0 spiro atoms. The Morgan fingerprint density at radius 2 is 1.89 bits per heavy atom. The molecule has 0 atom stereocenters. The van der Waals surface area contributed by atoms with Crippen molar-refractivity contribution >= 4 is 5.97 Å². The molecule has 0 aliphatic carbocycles. The van der Waals surface area contributed by atoms with Gasteiger partial charge in [0.15, 0.2) is 5.69 Å². The van der Waals surface area contributed by atoms with Gasteiger partial charge in [-0.25, -0.2) is 9.78 Å². The minimum atomic E-state index is -4.36. The molecule has 0 radical (unpaired) electrons. The Balaban J connectivity index is 2.13. The van der Waals surface area contributed by atoms with E-state index in [4.69, 9.17) is 5.11 Å². The van der Waals surface area contributed by atoms with E-state index in [1.165, 1.54) is 29.2 Å². The van der Waals surface area contributed by atoms with Gasteiger partial charge in [0.25, 0.3) is 0 Å². The highest BCUT2D eigenvalue weighted by Gasteiger charge is 2.29. The normalized spacial score (nSPS) is 11.5. The van der Waals surface area contributed by atoms with Crippen LogP contribution in [0.5, 0.6) is 0 Å². The smallest absolute Gasteiger partial charge is 0.416 e. The van der Waals surface area contributed by atoms with Crippen LogP contribution in [0.4, 0.5) is 13.2 Å². The Morgan fingerprint density at radius 1 is 1.26 bits per heavy atom. The van der Waals surface area contributed by atoms with Crippen molar-refractivity contribution < 1.29 is 23.1 Å². The van der Waals surface area contributed by atoms with E-state index in [-0.39, 0.29) is 12.2 Å². The molecule has 0 bridgehead atoms. The highest BCUT2D eigenvalue weighted by atomic mass is 19.4. The fourth-order valence-corrected chi connectivity index (χ4v) is 1.57. The van der Waals surface area contributed by atoms with E-state index < -0.39 is 17.7 Å². The summed E-state index contributed by atoms with van der Waals surface area (Å²) in [6, 6.07) is 4.68. The minimum Gasteiger partial charge on any atom is -0.476 e. The summed E-state index contributed by atoms with van der Waals surface area (Å²) in [5.41, 5.74) is -0.192. The Morgan fingerprint density at radius 3 is 2.37 bits per heavy atom. The average Bonchev–Trinajstić information content (AvgIpc) is 2.77. The Bertz CT molecular complexity index is 588. The lowest BCUT2D eigenvalue weighted by atomic mass is 10.1. The third-order valence-electron chi connectivity index (χ3n) is 2.50. The number of carboxylic acids is 1. The molecule has 0 unspecified atom stereocenters. The average molecular weight is 270 g/mol. The van der Waals surface area contributed by atoms with E-state index in [1.54, 1.807) is 0 Å². The van der Waals surface area contributed by atoms with Crippen molar-refractivity contribution in [2.45, 2.75) is 12.7 Å². The van der Waals surface area contributed by atoms with Gasteiger partial charge in [-0.05, 0) is 17.7 Å². The number of rotatable bonds is 3. The minimum absolute atomic E-state index is 0.105. The largest absolute Gasteiger partial charge is 0.476 e. The number of alkyl halides is 3. The first-order valence-electron chi connectivity index (χ1n) is 5.27. The van der Waals surface area contributed by atoms with Crippen LogP contribution < -0.4 is 0 Å². The van der Waals surface area contributed by atoms with Gasteiger partial charge in [0.1, 0.15) is 0 Å². The molecule has 2 aromatic rings. The maximum absolute atomic E-state index is 12.4. The molecule has 0 saturated heterocycles. The van der Waals surface area contributed by atoms with Crippen LogP contribution in [-0.4, -0.2) is 20.6 Å². The number of aromatic carboxylic acids is 1. The summed E-state index contributed by atoms with van der Waals surface area (Å²) in [4.78, 5) is 14.3. The van der Waals surface area contributed by atoms with Crippen LogP contribution in [0.3, 0.4) is 0 Å². The summed E-state index contributed by atoms with van der Waals surface area (Å²) in [5.74, 6) is -1.15. The van der Waals surface area contributed by atoms with Crippen LogP contribution >= 0.6 is 0 Å². The zero-order chi connectivity index (χ0) is 14.0. The van der Waals surface area contributed by atoms with Gasteiger partial charge < -0.3 is 9.67 Å². The number of carboxylic acid groups (broad SMARTS) is 1. The van der Waals surface area contributed by atoms with Crippen molar-refractivity contribution in [2.24, 2.45) is 0 Å². The van der Waals surface area contributed by atoms with Gasteiger partial charge in [-0.2, -0.15) is 13.2 Å². The molecule has 1 N–H and O–H groups in total.